The summed E-state index contributed by atoms with van der Waals surface area (Å²) in [6, 6.07) is 25.6. The van der Waals surface area contributed by atoms with Crippen molar-refractivity contribution in [3.05, 3.63) is 226 Å². The molecule has 554 valence electrons. The molecule has 0 heterocycles. The Bertz CT molecular complexity index is 3600. The van der Waals surface area contributed by atoms with Crippen LogP contribution in [0.4, 0.5) is 52.7 Å². The Labute approximate surface area is 590 Å². The van der Waals surface area contributed by atoms with Crippen LogP contribution >= 0.6 is 11.6 Å². The molecule has 6 aromatic rings. The lowest BCUT2D eigenvalue weighted by atomic mass is 10.1. The average Bonchev–Trinajstić information content (AvgIpc) is 0.842. The van der Waals surface area contributed by atoms with Gasteiger partial charge in [-0.1, -0.05) is 152 Å². The van der Waals surface area contributed by atoms with E-state index in [1.54, 1.807) is 85.0 Å². The first-order chi connectivity index (χ1) is 46.5. The number of aliphatic hydroxyl groups excluding tert-OH is 1. The number of aliphatic hydroxyl groups is 1. The number of carboxylic acids is 2. The van der Waals surface area contributed by atoms with Gasteiger partial charge in [0.2, 0.25) is 5.24 Å². The van der Waals surface area contributed by atoms with Crippen molar-refractivity contribution in [2.24, 2.45) is 0 Å². The minimum absolute atomic E-state index is 0. The number of hydrogen-bond acceptors (Lipinski definition) is 16. The van der Waals surface area contributed by atoms with Gasteiger partial charge in [0.05, 0.1) is 35.1 Å². The molecule has 0 unspecified atom stereocenters. The van der Waals surface area contributed by atoms with E-state index in [1.165, 1.54) is 6.08 Å². The average molecular weight is 1500 g/mol. The highest BCUT2D eigenvalue weighted by Crippen LogP contribution is 2.37. The summed E-state index contributed by atoms with van der Waals surface area (Å²) in [6.45, 7) is 5.92. The molecule has 0 saturated heterocycles. The molecule has 0 spiro atoms. The Morgan fingerprint density at radius 1 is 0.416 bits per heavy atom. The molecule has 0 aliphatic carbocycles. The summed E-state index contributed by atoms with van der Waals surface area (Å²) in [4.78, 5) is 79.1. The van der Waals surface area contributed by atoms with Gasteiger partial charge in [-0.25, -0.2) is 19.2 Å². The molecule has 31 heteroatoms. The van der Waals surface area contributed by atoms with Gasteiger partial charge in [-0.3, -0.25) is 14.4 Å². The molecule has 101 heavy (non-hydrogen) atoms. The lowest BCUT2D eigenvalue weighted by Gasteiger charge is -2.13. The number of allylic oxidation sites excluding steroid dienone is 4. The van der Waals surface area contributed by atoms with Crippen molar-refractivity contribution in [3.8, 4) is 23.0 Å². The van der Waals surface area contributed by atoms with Gasteiger partial charge in [0.25, 0.3) is 0 Å². The Morgan fingerprint density at radius 2 is 0.703 bits per heavy atom. The van der Waals surface area contributed by atoms with Gasteiger partial charge in [0.15, 0.2) is 0 Å². The van der Waals surface area contributed by atoms with Crippen LogP contribution in [0.2, 0.25) is 0 Å². The number of hydrogen-bond donors (Lipinski definition) is 5. The monoisotopic (exact) mass is 1500 g/mol. The van der Waals surface area contributed by atoms with Gasteiger partial charge >= 0.3 is 60.5 Å². The summed E-state index contributed by atoms with van der Waals surface area (Å²) in [5.41, 5.74) is -4.39. The van der Waals surface area contributed by atoms with Crippen molar-refractivity contribution in [1.29, 1.82) is 0 Å². The van der Waals surface area contributed by atoms with Gasteiger partial charge in [-0.15, -0.1) is 0 Å². The SMILES string of the molecule is C.C.CCC/C=C\CC(=O)Cl.CCC/C=C\CC(=O)Oc1cc(C(F)(F)F)ccc1C(=O)O.CCC/C=C\CC(=O)Oc1cc(C(F)(F)F)ccc1C(=O)OCc1ccccc1.CO.O=C(O)c1ccc(C(F)(F)F)cc1O.O=C(OCc1ccccc1)c1ccc(C(F)(F)F)cc1O.S=S. The molecule has 0 radical (unpaired) electrons. The number of phenolic OH excluding ortho intramolecular Hbond substituents is 1. The zero-order valence-electron chi connectivity index (χ0n) is 52.9. The smallest absolute Gasteiger partial charge is 0.416 e. The molecule has 0 saturated carbocycles. The van der Waals surface area contributed by atoms with E-state index in [1.807, 2.05) is 19.9 Å². The first kappa shape index (κ1) is 95.7. The molecule has 0 fully saturated rings. The fraction of sp³-hybridized carbons (Fsp3) is 0.300. The molecule has 6 rings (SSSR count). The summed E-state index contributed by atoms with van der Waals surface area (Å²) in [5.74, 6) is -9.06. The molecule has 5 N–H and O–H groups in total. The summed E-state index contributed by atoms with van der Waals surface area (Å²) in [5, 5.41) is 42.5. The number of carbonyl (C=O) groups excluding carboxylic acids is 5. The van der Waals surface area contributed by atoms with Crippen molar-refractivity contribution in [1.82, 2.24) is 0 Å². The zero-order chi connectivity index (χ0) is 75.5. The van der Waals surface area contributed by atoms with Crippen LogP contribution in [0.5, 0.6) is 23.0 Å². The summed E-state index contributed by atoms with van der Waals surface area (Å²) < 4.78 is 170. The second kappa shape index (κ2) is 49.9. The molecule has 0 atom stereocenters. The number of carbonyl (C=O) groups is 7. The second-order valence-electron chi connectivity index (χ2n) is 19.3. The first-order valence-electron chi connectivity index (χ1n) is 28.8. The van der Waals surface area contributed by atoms with Gasteiger partial charge in [0.1, 0.15) is 58.5 Å². The largest absolute Gasteiger partial charge is 0.507 e. The third-order valence-corrected chi connectivity index (χ3v) is 11.9. The van der Waals surface area contributed by atoms with Gasteiger partial charge in [-0.05, 0) is 115 Å². The Kier molecular flexibility index (Phi) is 47.3. The number of unbranched alkanes of at least 4 members (excludes halogenated alkanes) is 3. The number of aromatic carboxylic acids is 2. The van der Waals surface area contributed by atoms with Crippen LogP contribution in [0.3, 0.4) is 0 Å². The van der Waals surface area contributed by atoms with Gasteiger partial charge in [0, 0.05) is 35.9 Å². The van der Waals surface area contributed by atoms with E-state index in [2.05, 4.69) is 29.3 Å². The van der Waals surface area contributed by atoms with Crippen LogP contribution in [0, 0.1) is 0 Å². The van der Waals surface area contributed by atoms with Crippen LogP contribution < -0.4 is 9.47 Å². The van der Waals surface area contributed by atoms with E-state index in [0.29, 0.717) is 54.4 Å². The van der Waals surface area contributed by atoms with Crippen LogP contribution in [-0.4, -0.2) is 73.7 Å². The van der Waals surface area contributed by atoms with Crippen molar-refractivity contribution in [2.45, 2.75) is 131 Å². The zero-order valence-corrected chi connectivity index (χ0v) is 55.3. The summed E-state index contributed by atoms with van der Waals surface area (Å²) >= 11 is 12.4. The molecular formula is C70H75ClF12O16S2. The number of benzene rings is 6. The topological polar surface area (TPSA) is 258 Å². The minimum Gasteiger partial charge on any atom is -0.507 e. The van der Waals surface area contributed by atoms with Crippen molar-refractivity contribution < 1.29 is 131 Å². The summed E-state index contributed by atoms with van der Waals surface area (Å²) in [7, 11) is 1.00. The van der Waals surface area contributed by atoms with Crippen LogP contribution in [0.15, 0.2) is 170 Å². The van der Waals surface area contributed by atoms with Gasteiger partial charge < -0.3 is 44.5 Å². The quantitative estimate of drug-likeness (QED) is 0.0139. The van der Waals surface area contributed by atoms with E-state index in [4.69, 9.17) is 51.0 Å². The fourth-order valence-electron chi connectivity index (χ4n) is 7.00. The molecule has 0 aliphatic rings. The maximum absolute atomic E-state index is 13.0. The van der Waals surface area contributed by atoms with E-state index in [9.17, 15) is 91.4 Å². The number of aromatic hydroxyl groups is 2. The number of alkyl halides is 12. The number of carboxylic acid groups (broad SMARTS) is 2. The number of halogens is 13. The Hall–Kier alpha value is -9.52. The third kappa shape index (κ3) is 39.2. The van der Waals surface area contributed by atoms with Crippen LogP contribution in [0.25, 0.3) is 0 Å². The maximum atomic E-state index is 13.0. The van der Waals surface area contributed by atoms with Crippen LogP contribution in [0.1, 0.15) is 168 Å². The maximum Gasteiger partial charge on any atom is 0.416 e. The van der Waals surface area contributed by atoms with E-state index in [0.717, 1.165) is 81.5 Å². The minimum atomic E-state index is -4.65. The molecule has 0 bridgehead atoms. The number of rotatable bonds is 22. The molecule has 0 aromatic heterocycles. The molecule has 16 nitrogen and oxygen atoms in total. The Morgan fingerprint density at radius 3 is 1.01 bits per heavy atom. The highest BCUT2D eigenvalue weighted by Gasteiger charge is 2.35. The molecular weight excluding hydrogens is 1420 g/mol. The lowest BCUT2D eigenvalue weighted by molar-refractivity contribution is -0.139. The molecule has 6 aromatic carbocycles. The predicted molar refractivity (Wildman–Crippen MR) is 359 cm³/mol. The normalized spacial score (nSPS) is 10.8. The van der Waals surface area contributed by atoms with Gasteiger partial charge in [-0.2, -0.15) is 52.7 Å². The highest BCUT2D eigenvalue weighted by atomic mass is 35.5. The lowest BCUT2D eigenvalue weighted by Crippen LogP contribution is -2.14. The van der Waals surface area contributed by atoms with Crippen molar-refractivity contribution >= 4 is 75.0 Å². The van der Waals surface area contributed by atoms with Crippen molar-refractivity contribution in [3.63, 3.8) is 0 Å². The highest BCUT2D eigenvalue weighted by molar-refractivity contribution is 8.07. The van der Waals surface area contributed by atoms with Crippen LogP contribution in [-0.2, 0) is 84.2 Å². The standard InChI is InChI=1S/C22H21F3O4.C15H15F3O4.C15H11F3O3.C8H5F3O3.C7H11ClO.CH4O.2CH4.S2/c1-2-3-4-8-11-20(26)29-19-14-17(22(23,24)25)12-13-18(19)21(27)28-15-16-9-6-5-7-10-16;1-2-3-4-5-6-13(19)22-12-9-10(15(16,17)18)7-8-11(12)14(20)21;16-15(17,18)11-6-7-12(13(19)8-11)14(20)21-9-10-4-2-1-3-5-10;9-8(10,11)4-1-2-5(7(13)14)6(12)3-4;1-2-3-4-5-6-7(8)9;1-2;;;1-2/h4-10,12-14H,2-3,11,15H2,1H3;4-5,7-9H,2-3,6H2,1H3,(H,20,21);1-8,19H,9H2;1-3,12H,(H,13,14);4-5H,2-3,6H2,1H3;2H,1H3;2*1H4;/b8-4-;5-4-;;;5-4-;;;;. The fourth-order valence-corrected chi connectivity index (χ4v) is 7.09. The third-order valence-electron chi connectivity index (χ3n) is 11.8. The number of phenols is 2. The number of ether oxygens (including phenoxy) is 4. The number of esters is 4. The molecule has 0 amide bonds. The van der Waals surface area contributed by atoms with Crippen molar-refractivity contribution in [2.75, 3.05) is 7.11 Å². The van der Waals surface area contributed by atoms with E-state index in [-0.39, 0.29) is 57.3 Å². The second-order valence-corrected chi connectivity index (χ2v) is 19.7. The predicted octanol–water partition coefficient (Wildman–Crippen LogP) is 19.0. The van der Waals surface area contributed by atoms with E-state index < -0.39 is 117 Å². The first-order valence-corrected chi connectivity index (χ1v) is 30.5. The molecule has 0 aliphatic heterocycles. The summed E-state index contributed by atoms with van der Waals surface area (Å²) in [6.07, 6.45) is -2.49. The van der Waals surface area contributed by atoms with E-state index >= 15 is 0 Å². The Balaban J connectivity index is -0.00000121.